The number of benzene rings is 3. The predicted octanol–water partition coefficient (Wildman–Crippen LogP) is 2.17. The monoisotopic (exact) mass is 497 g/mol. The Labute approximate surface area is 233 Å². The molecule has 0 spiro atoms. The average Bonchev–Trinajstić information content (AvgIpc) is 2.92. The maximum atomic E-state index is 12.1. The SMILES string of the molecule is CN(CC(Cc1ccccc1)N(CC(c1ccccc1)N(CCc1ccccc1)N=O)N=O)N=O.[Na+]. The van der Waals surface area contributed by atoms with Crippen LogP contribution in [0.5, 0.6) is 0 Å². The molecule has 0 N–H and O–H groups in total. The molecule has 0 heterocycles. The molecule has 3 aromatic rings. The minimum absolute atomic E-state index is 0. The maximum Gasteiger partial charge on any atom is 1.00 e. The second kappa shape index (κ2) is 15.8. The van der Waals surface area contributed by atoms with Crippen LogP contribution in [-0.2, 0) is 12.8 Å². The molecule has 182 valence electrons. The van der Waals surface area contributed by atoms with Crippen molar-refractivity contribution in [3.63, 3.8) is 0 Å². The van der Waals surface area contributed by atoms with E-state index in [4.69, 9.17) is 0 Å². The molecule has 0 saturated carbocycles. The summed E-state index contributed by atoms with van der Waals surface area (Å²) in [5.74, 6) is 0. The summed E-state index contributed by atoms with van der Waals surface area (Å²) in [4.78, 5) is 35.2. The van der Waals surface area contributed by atoms with Crippen LogP contribution in [0.4, 0.5) is 0 Å². The van der Waals surface area contributed by atoms with Gasteiger partial charge in [-0.3, -0.25) is 15.0 Å². The van der Waals surface area contributed by atoms with Crippen LogP contribution in [0.15, 0.2) is 107 Å². The second-order valence-corrected chi connectivity index (χ2v) is 8.38. The molecule has 36 heavy (non-hydrogen) atoms. The van der Waals surface area contributed by atoms with Gasteiger partial charge in [0.05, 0.1) is 41.0 Å². The zero-order chi connectivity index (χ0) is 24.9. The molecular weight excluding hydrogens is 467 g/mol. The van der Waals surface area contributed by atoms with E-state index in [9.17, 15) is 14.7 Å². The molecule has 2 unspecified atom stereocenters. The van der Waals surface area contributed by atoms with Crippen molar-refractivity contribution in [1.29, 1.82) is 0 Å². The van der Waals surface area contributed by atoms with Crippen LogP contribution in [0.2, 0.25) is 0 Å². The third-order valence-corrected chi connectivity index (χ3v) is 5.94. The molecule has 0 aromatic heterocycles. The molecule has 2 atom stereocenters. The van der Waals surface area contributed by atoms with Crippen molar-refractivity contribution in [2.45, 2.75) is 24.9 Å². The minimum Gasteiger partial charge on any atom is -0.262 e. The first-order chi connectivity index (χ1) is 17.1. The summed E-state index contributed by atoms with van der Waals surface area (Å²) in [7, 11) is 1.56. The van der Waals surface area contributed by atoms with Gasteiger partial charge in [-0.05, 0) is 29.5 Å². The second-order valence-electron chi connectivity index (χ2n) is 8.38. The van der Waals surface area contributed by atoms with Gasteiger partial charge in [-0.2, -0.15) is 0 Å². The molecular formula is C26H30N6NaO3+. The van der Waals surface area contributed by atoms with Crippen molar-refractivity contribution >= 4 is 0 Å². The summed E-state index contributed by atoms with van der Waals surface area (Å²) in [6.07, 6.45) is 1.10. The molecule has 0 aliphatic heterocycles. The molecule has 0 fully saturated rings. The van der Waals surface area contributed by atoms with E-state index in [1.807, 2.05) is 91.0 Å². The van der Waals surface area contributed by atoms with E-state index >= 15 is 0 Å². The molecule has 9 nitrogen and oxygen atoms in total. The van der Waals surface area contributed by atoms with E-state index in [0.717, 1.165) is 16.7 Å². The zero-order valence-corrected chi connectivity index (χ0v) is 22.8. The van der Waals surface area contributed by atoms with E-state index < -0.39 is 12.1 Å². The minimum atomic E-state index is -0.511. The van der Waals surface area contributed by atoms with Gasteiger partial charge in [-0.15, -0.1) is 14.7 Å². The number of rotatable bonds is 15. The van der Waals surface area contributed by atoms with E-state index in [-0.39, 0.29) is 42.6 Å². The quantitative estimate of drug-likeness (QED) is 0.181. The van der Waals surface area contributed by atoms with Crippen LogP contribution in [0.1, 0.15) is 22.7 Å². The van der Waals surface area contributed by atoms with Gasteiger partial charge in [0.2, 0.25) is 0 Å². The van der Waals surface area contributed by atoms with Gasteiger partial charge in [-0.25, -0.2) is 0 Å². The van der Waals surface area contributed by atoms with Gasteiger partial charge in [0.25, 0.3) is 0 Å². The zero-order valence-electron chi connectivity index (χ0n) is 20.8. The van der Waals surface area contributed by atoms with Crippen molar-refractivity contribution in [3.8, 4) is 0 Å². The Hall–Kier alpha value is -3.14. The van der Waals surface area contributed by atoms with Crippen LogP contribution in [0, 0.1) is 14.7 Å². The molecule has 3 aromatic carbocycles. The van der Waals surface area contributed by atoms with Gasteiger partial charge in [0, 0.05) is 13.6 Å². The van der Waals surface area contributed by atoms with E-state index in [1.165, 1.54) is 15.0 Å². The summed E-state index contributed by atoms with van der Waals surface area (Å²) in [6, 6.07) is 28.0. The number of hydrogen-bond donors (Lipinski definition) is 0. The average molecular weight is 498 g/mol. The first kappa shape index (κ1) is 29.1. The molecule has 0 bridgehead atoms. The van der Waals surface area contributed by atoms with Gasteiger partial charge in [0.15, 0.2) is 0 Å². The molecule has 0 saturated heterocycles. The van der Waals surface area contributed by atoms with Crippen molar-refractivity contribution in [1.82, 2.24) is 15.0 Å². The molecule has 0 radical (unpaired) electrons. The van der Waals surface area contributed by atoms with Gasteiger partial charge >= 0.3 is 29.6 Å². The van der Waals surface area contributed by atoms with E-state index in [0.29, 0.717) is 19.4 Å². The number of nitroso groups, excluding NO2 is 3. The smallest absolute Gasteiger partial charge is 0.262 e. The molecule has 10 heteroatoms. The molecule has 0 amide bonds. The van der Waals surface area contributed by atoms with Crippen molar-refractivity contribution in [2.75, 3.05) is 26.7 Å². The molecule has 0 aliphatic rings. The number of hydrogen-bond acceptors (Lipinski definition) is 6. The van der Waals surface area contributed by atoms with Crippen LogP contribution in [0.3, 0.4) is 0 Å². The summed E-state index contributed by atoms with van der Waals surface area (Å²) >= 11 is 0. The maximum absolute atomic E-state index is 12.1. The summed E-state index contributed by atoms with van der Waals surface area (Å²) in [5, 5.41) is 13.7. The van der Waals surface area contributed by atoms with Crippen LogP contribution < -0.4 is 29.6 Å². The Morgan fingerprint density at radius 1 is 0.667 bits per heavy atom. The molecule has 0 aliphatic carbocycles. The topological polar surface area (TPSA) is 98.0 Å². The Morgan fingerprint density at radius 3 is 1.72 bits per heavy atom. The summed E-state index contributed by atoms with van der Waals surface area (Å²) in [5.41, 5.74) is 2.92. The van der Waals surface area contributed by atoms with Crippen LogP contribution in [-0.4, -0.2) is 47.8 Å². The van der Waals surface area contributed by atoms with E-state index in [2.05, 4.69) is 15.9 Å². The Morgan fingerprint density at radius 2 is 1.19 bits per heavy atom. The number of likely N-dealkylation sites (N-methyl/N-ethyl adjacent to an activating group) is 1. The third kappa shape index (κ3) is 8.82. The van der Waals surface area contributed by atoms with Gasteiger partial charge in [-0.1, -0.05) is 91.0 Å². The first-order valence-electron chi connectivity index (χ1n) is 11.5. The Bertz CT molecular complexity index is 1050. The first-order valence-corrected chi connectivity index (χ1v) is 11.5. The molecule has 3 rings (SSSR count). The normalized spacial score (nSPS) is 11.9. The van der Waals surface area contributed by atoms with Gasteiger partial charge in [0.1, 0.15) is 0 Å². The van der Waals surface area contributed by atoms with Crippen molar-refractivity contribution in [3.05, 3.63) is 122 Å². The van der Waals surface area contributed by atoms with Crippen LogP contribution >= 0.6 is 0 Å². The largest absolute Gasteiger partial charge is 1.00 e. The third-order valence-electron chi connectivity index (χ3n) is 5.94. The Kier molecular flexibility index (Phi) is 12.7. The van der Waals surface area contributed by atoms with Crippen molar-refractivity contribution in [2.24, 2.45) is 15.9 Å². The summed E-state index contributed by atoms with van der Waals surface area (Å²) in [6.45, 7) is 0.696. The Balaban J connectivity index is 0.00000456. The predicted molar refractivity (Wildman–Crippen MR) is 137 cm³/mol. The number of nitrogens with zero attached hydrogens (tertiary/aromatic N) is 6. The van der Waals surface area contributed by atoms with E-state index in [1.54, 1.807) is 7.05 Å². The fourth-order valence-electron chi connectivity index (χ4n) is 4.10. The van der Waals surface area contributed by atoms with Gasteiger partial charge < -0.3 is 0 Å². The van der Waals surface area contributed by atoms with Crippen molar-refractivity contribution < 1.29 is 29.6 Å². The van der Waals surface area contributed by atoms with Crippen LogP contribution in [0.25, 0.3) is 0 Å². The fraction of sp³-hybridized carbons (Fsp3) is 0.308. The standard InChI is InChI=1S/C26H30N6O3.Na/c1-30(27-33)20-25(19-23-13-7-3-8-14-23)32(29-35)21-26(24-15-9-4-10-16-24)31(28-34)18-17-22-11-5-2-6-12-22;/h2-16,25-26H,17-21H2,1H3;/q;+1. The summed E-state index contributed by atoms with van der Waals surface area (Å²) < 4.78 is 0. The fourth-order valence-corrected chi connectivity index (χ4v) is 4.10.